The largest absolute Gasteiger partial charge is 0.370 e. The third-order valence-electron chi connectivity index (χ3n) is 2.60. The number of guanidine groups is 1. The van der Waals surface area contributed by atoms with Gasteiger partial charge in [0.25, 0.3) is 0 Å². The van der Waals surface area contributed by atoms with Crippen molar-refractivity contribution < 1.29 is 4.39 Å². The summed E-state index contributed by atoms with van der Waals surface area (Å²) in [5, 5.41) is 2.96. The first-order chi connectivity index (χ1) is 9.38. The van der Waals surface area contributed by atoms with Crippen LogP contribution in [-0.2, 0) is 13.1 Å². The lowest BCUT2D eigenvalue weighted by molar-refractivity contribution is 0.392. The van der Waals surface area contributed by atoms with Crippen molar-refractivity contribution in [1.82, 2.24) is 10.2 Å². The molecule has 1 rings (SSSR count). The van der Waals surface area contributed by atoms with Gasteiger partial charge in [0.05, 0.1) is 6.54 Å². The molecule has 20 heavy (non-hydrogen) atoms. The molecule has 0 radical (unpaired) electrons. The molecule has 5 heteroatoms. The van der Waals surface area contributed by atoms with E-state index in [1.165, 1.54) is 6.07 Å². The van der Waals surface area contributed by atoms with Crippen LogP contribution in [-0.4, -0.2) is 31.5 Å². The molecule has 4 nitrogen and oxygen atoms in total. The molecule has 0 aliphatic rings. The van der Waals surface area contributed by atoms with Gasteiger partial charge in [-0.25, -0.2) is 9.38 Å². The molecule has 3 N–H and O–H groups in total. The number of rotatable bonds is 6. The molecule has 0 heterocycles. The predicted molar refractivity (Wildman–Crippen MR) is 81.9 cm³/mol. The lowest BCUT2D eigenvalue weighted by atomic mass is 10.1. The number of nitrogens with two attached hydrogens (primary N) is 1. The molecule has 0 atom stereocenters. The van der Waals surface area contributed by atoms with Crippen LogP contribution in [0, 0.1) is 5.82 Å². The highest BCUT2D eigenvalue weighted by Crippen LogP contribution is 2.13. The number of benzene rings is 1. The Balaban J connectivity index is 2.68. The van der Waals surface area contributed by atoms with Crippen molar-refractivity contribution in [2.24, 2.45) is 10.7 Å². The van der Waals surface area contributed by atoms with Crippen LogP contribution in [0.1, 0.15) is 18.1 Å². The van der Waals surface area contributed by atoms with Crippen LogP contribution in [0.2, 0.25) is 0 Å². The molecule has 0 fully saturated rings. The molecule has 1 aromatic rings. The van der Waals surface area contributed by atoms with Gasteiger partial charge in [0.2, 0.25) is 0 Å². The summed E-state index contributed by atoms with van der Waals surface area (Å²) in [7, 11) is 3.81. The van der Waals surface area contributed by atoms with Gasteiger partial charge in [0.15, 0.2) is 5.96 Å². The SMILES string of the molecule is C=C(C)CNC(N)=NCc1ccc(F)c(CN(C)C)c1. The number of aliphatic imine (C=N–C) groups is 1. The lowest BCUT2D eigenvalue weighted by Crippen LogP contribution is -2.32. The summed E-state index contributed by atoms with van der Waals surface area (Å²) < 4.78 is 13.6. The number of hydrogen-bond acceptors (Lipinski definition) is 2. The van der Waals surface area contributed by atoms with Crippen molar-refractivity contribution in [3.8, 4) is 0 Å². The van der Waals surface area contributed by atoms with Gasteiger partial charge in [-0.3, -0.25) is 0 Å². The van der Waals surface area contributed by atoms with Gasteiger partial charge < -0.3 is 16.0 Å². The van der Waals surface area contributed by atoms with Gasteiger partial charge in [-0.1, -0.05) is 18.2 Å². The van der Waals surface area contributed by atoms with Crippen LogP contribution in [0.4, 0.5) is 4.39 Å². The lowest BCUT2D eigenvalue weighted by Gasteiger charge is -2.11. The molecule has 0 saturated carbocycles. The van der Waals surface area contributed by atoms with Crippen molar-refractivity contribution in [3.63, 3.8) is 0 Å². The molecule has 0 aromatic heterocycles. The first-order valence-electron chi connectivity index (χ1n) is 6.48. The van der Waals surface area contributed by atoms with Crippen molar-refractivity contribution in [2.75, 3.05) is 20.6 Å². The summed E-state index contributed by atoms with van der Waals surface area (Å²) in [5.41, 5.74) is 8.32. The van der Waals surface area contributed by atoms with Crippen molar-refractivity contribution >= 4 is 5.96 Å². The van der Waals surface area contributed by atoms with Crippen LogP contribution in [0.5, 0.6) is 0 Å². The Bertz CT molecular complexity index is 495. The van der Waals surface area contributed by atoms with Crippen LogP contribution >= 0.6 is 0 Å². The molecule has 110 valence electrons. The van der Waals surface area contributed by atoms with Gasteiger partial charge in [-0.05, 0) is 38.7 Å². The third-order valence-corrected chi connectivity index (χ3v) is 2.60. The van der Waals surface area contributed by atoms with Crippen LogP contribution in [0.15, 0.2) is 35.3 Å². The minimum Gasteiger partial charge on any atom is -0.370 e. The summed E-state index contributed by atoms with van der Waals surface area (Å²) >= 11 is 0. The van der Waals surface area contributed by atoms with E-state index in [4.69, 9.17) is 5.73 Å². The molecule has 0 aliphatic carbocycles. The highest BCUT2D eigenvalue weighted by Gasteiger charge is 2.04. The highest BCUT2D eigenvalue weighted by atomic mass is 19.1. The van der Waals surface area contributed by atoms with Gasteiger partial charge in [-0.15, -0.1) is 0 Å². The zero-order valence-corrected chi connectivity index (χ0v) is 12.4. The second-order valence-electron chi connectivity index (χ2n) is 5.18. The normalized spacial score (nSPS) is 11.8. The monoisotopic (exact) mass is 278 g/mol. The number of nitrogens with zero attached hydrogens (tertiary/aromatic N) is 2. The minimum atomic E-state index is -0.195. The van der Waals surface area contributed by atoms with E-state index in [0.717, 1.165) is 11.1 Å². The molecule has 0 saturated heterocycles. The molecule has 1 aromatic carbocycles. The maximum atomic E-state index is 13.6. The van der Waals surface area contributed by atoms with Gasteiger partial charge in [-0.2, -0.15) is 0 Å². The minimum absolute atomic E-state index is 0.195. The van der Waals surface area contributed by atoms with E-state index in [1.54, 1.807) is 6.07 Å². The van der Waals surface area contributed by atoms with Crippen LogP contribution in [0.3, 0.4) is 0 Å². The van der Waals surface area contributed by atoms with E-state index in [-0.39, 0.29) is 5.82 Å². The Labute approximate surface area is 120 Å². The fourth-order valence-electron chi connectivity index (χ4n) is 1.66. The summed E-state index contributed by atoms with van der Waals surface area (Å²) in [6.07, 6.45) is 0. The maximum absolute atomic E-state index is 13.6. The first kappa shape index (κ1) is 16.2. The Morgan fingerprint density at radius 3 is 2.75 bits per heavy atom. The summed E-state index contributed by atoms with van der Waals surface area (Å²) in [5.74, 6) is 0.172. The second kappa shape index (κ2) is 7.65. The van der Waals surface area contributed by atoms with Gasteiger partial charge in [0.1, 0.15) is 5.82 Å². The van der Waals surface area contributed by atoms with Crippen molar-refractivity contribution in [3.05, 3.63) is 47.3 Å². The quantitative estimate of drug-likeness (QED) is 0.474. The summed E-state index contributed by atoms with van der Waals surface area (Å²) in [4.78, 5) is 6.15. The standard InChI is InChI=1S/C15H23FN4/c1-11(2)8-18-15(17)19-9-12-5-6-14(16)13(7-12)10-20(3)4/h5-7H,1,8-10H2,2-4H3,(H3,17,18,19). The van der Waals surface area contributed by atoms with Crippen molar-refractivity contribution in [2.45, 2.75) is 20.0 Å². The Morgan fingerprint density at radius 2 is 2.15 bits per heavy atom. The molecule has 0 spiro atoms. The average Bonchev–Trinajstić information content (AvgIpc) is 2.36. The van der Waals surface area contributed by atoms with Crippen LogP contribution in [0.25, 0.3) is 0 Å². The average molecular weight is 278 g/mol. The molecule has 0 amide bonds. The zero-order valence-electron chi connectivity index (χ0n) is 12.4. The summed E-state index contributed by atoms with van der Waals surface area (Å²) in [6, 6.07) is 5.02. The van der Waals surface area contributed by atoms with E-state index < -0.39 is 0 Å². The summed E-state index contributed by atoms with van der Waals surface area (Å²) in [6.45, 7) is 7.28. The molecule has 0 unspecified atom stereocenters. The topological polar surface area (TPSA) is 53.6 Å². The smallest absolute Gasteiger partial charge is 0.189 e. The molecular weight excluding hydrogens is 255 g/mol. The van der Waals surface area contributed by atoms with E-state index in [0.29, 0.717) is 31.2 Å². The number of nitrogens with one attached hydrogen (secondary N) is 1. The number of hydrogen-bond donors (Lipinski definition) is 2. The first-order valence-corrected chi connectivity index (χ1v) is 6.48. The van der Waals surface area contributed by atoms with Gasteiger partial charge in [0, 0.05) is 18.7 Å². The Kier molecular flexibility index (Phi) is 6.18. The van der Waals surface area contributed by atoms with E-state index in [1.807, 2.05) is 32.0 Å². The molecular formula is C15H23FN4. The second-order valence-corrected chi connectivity index (χ2v) is 5.18. The fraction of sp³-hybridized carbons (Fsp3) is 0.400. The van der Waals surface area contributed by atoms with Gasteiger partial charge >= 0.3 is 0 Å². The van der Waals surface area contributed by atoms with E-state index in [2.05, 4.69) is 16.9 Å². The van der Waals surface area contributed by atoms with Crippen LogP contribution < -0.4 is 11.1 Å². The fourth-order valence-corrected chi connectivity index (χ4v) is 1.66. The van der Waals surface area contributed by atoms with Crippen molar-refractivity contribution in [1.29, 1.82) is 0 Å². The third kappa shape index (κ3) is 5.84. The Hall–Kier alpha value is -1.88. The predicted octanol–water partition coefficient (Wildman–Crippen LogP) is 1.87. The maximum Gasteiger partial charge on any atom is 0.189 e. The molecule has 0 bridgehead atoms. The Morgan fingerprint density at radius 1 is 1.45 bits per heavy atom. The number of halogens is 1. The van der Waals surface area contributed by atoms with E-state index >= 15 is 0 Å². The highest BCUT2D eigenvalue weighted by molar-refractivity contribution is 5.78. The van der Waals surface area contributed by atoms with E-state index in [9.17, 15) is 4.39 Å². The molecule has 0 aliphatic heterocycles. The zero-order chi connectivity index (χ0) is 15.1.